The fourth-order valence-electron chi connectivity index (χ4n) is 2.50. The lowest BCUT2D eigenvalue weighted by atomic mass is 9.94. The van der Waals surface area contributed by atoms with E-state index < -0.39 is 0 Å². The summed E-state index contributed by atoms with van der Waals surface area (Å²) in [5, 5.41) is 9.58. The van der Waals surface area contributed by atoms with Gasteiger partial charge in [0, 0.05) is 0 Å². The molecule has 2 aromatic rings. The van der Waals surface area contributed by atoms with Crippen LogP contribution in [0, 0.1) is 13.8 Å². The normalized spacial score (nSPS) is 17.5. The van der Waals surface area contributed by atoms with Crippen molar-refractivity contribution in [2.45, 2.75) is 26.4 Å². The van der Waals surface area contributed by atoms with Crippen molar-refractivity contribution in [3.63, 3.8) is 0 Å². The number of rotatable bonds is 1. The van der Waals surface area contributed by atoms with Gasteiger partial charge in [-0.1, -0.05) is 12.1 Å². The van der Waals surface area contributed by atoms with E-state index in [-0.39, 0.29) is 17.6 Å². The summed E-state index contributed by atoms with van der Waals surface area (Å²) in [5.74, 6) is 1.01. The van der Waals surface area contributed by atoms with Crippen LogP contribution in [0.5, 0.6) is 11.5 Å². The van der Waals surface area contributed by atoms with Crippen LogP contribution in [0.25, 0.3) is 0 Å². The van der Waals surface area contributed by atoms with Crippen LogP contribution in [-0.4, -0.2) is 10.9 Å². The number of phenolic OH excluding ortho intramolecular Hbond substituents is 1. The highest BCUT2D eigenvalue weighted by atomic mass is 16.5. The molecule has 3 nitrogen and oxygen atoms in total. The van der Waals surface area contributed by atoms with Gasteiger partial charge in [-0.05, 0) is 54.8 Å². The molecule has 0 bridgehead atoms. The molecule has 0 amide bonds. The van der Waals surface area contributed by atoms with Crippen molar-refractivity contribution < 1.29 is 14.6 Å². The molecule has 1 unspecified atom stereocenters. The Morgan fingerprint density at radius 3 is 2.70 bits per heavy atom. The number of carbonyl (C=O) groups is 1. The molecular weight excluding hydrogens is 252 g/mol. The molecule has 0 aromatic heterocycles. The third-order valence-corrected chi connectivity index (χ3v) is 3.67. The fourth-order valence-corrected chi connectivity index (χ4v) is 2.50. The van der Waals surface area contributed by atoms with Gasteiger partial charge in [0.05, 0.1) is 12.0 Å². The first-order valence-corrected chi connectivity index (χ1v) is 6.64. The van der Waals surface area contributed by atoms with Gasteiger partial charge in [-0.15, -0.1) is 0 Å². The first-order chi connectivity index (χ1) is 9.54. The molecule has 0 radical (unpaired) electrons. The second-order valence-corrected chi connectivity index (χ2v) is 5.28. The van der Waals surface area contributed by atoms with Gasteiger partial charge in [0.15, 0.2) is 5.78 Å². The van der Waals surface area contributed by atoms with Crippen LogP contribution in [-0.2, 0) is 0 Å². The Hall–Kier alpha value is -2.29. The number of phenols is 1. The van der Waals surface area contributed by atoms with Gasteiger partial charge >= 0.3 is 0 Å². The Labute approximate surface area is 117 Å². The van der Waals surface area contributed by atoms with Crippen molar-refractivity contribution in [1.29, 1.82) is 0 Å². The molecule has 20 heavy (non-hydrogen) atoms. The predicted octanol–water partition coefficient (Wildman–Crippen LogP) is 3.72. The summed E-state index contributed by atoms with van der Waals surface area (Å²) in [7, 11) is 0. The lowest BCUT2D eigenvalue weighted by Crippen LogP contribution is -2.20. The van der Waals surface area contributed by atoms with Crippen molar-refractivity contribution >= 4 is 5.78 Å². The molecule has 0 spiro atoms. The van der Waals surface area contributed by atoms with E-state index in [1.165, 1.54) is 0 Å². The number of fused-ring (bicyclic) bond motifs is 1. The number of hydrogen-bond donors (Lipinski definition) is 1. The van der Waals surface area contributed by atoms with Gasteiger partial charge in [-0.3, -0.25) is 4.79 Å². The molecule has 1 aliphatic heterocycles. The SMILES string of the molecule is Cc1ccc2c(c1)OC(c1ccc(O)c(C)c1)CC2=O. The van der Waals surface area contributed by atoms with E-state index in [0.29, 0.717) is 17.7 Å². The van der Waals surface area contributed by atoms with Crippen molar-refractivity contribution in [2.75, 3.05) is 0 Å². The third kappa shape index (κ3) is 2.16. The van der Waals surface area contributed by atoms with Crippen LogP contribution < -0.4 is 4.74 Å². The van der Waals surface area contributed by atoms with E-state index >= 15 is 0 Å². The molecule has 3 rings (SSSR count). The first-order valence-electron chi connectivity index (χ1n) is 6.64. The second kappa shape index (κ2) is 4.67. The van der Waals surface area contributed by atoms with E-state index in [9.17, 15) is 9.90 Å². The number of aryl methyl sites for hydroxylation is 2. The zero-order valence-electron chi connectivity index (χ0n) is 11.5. The number of hydrogen-bond acceptors (Lipinski definition) is 3. The summed E-state index contributed by atoms with van der Waals surface area (Å²) in [6, 6.07) is 11.0. The van der Waals surface area contributed by atoms with E-state index in [2.05, 4.69) is 0 Å². The third-order valence-electron chi connectivity index (χ3n) is 3.67. The summed E-state index contributed by atoms with van der Waals surface area (Å²) in [5.41, 5.74) is 3.43. The molecule has 0 aliphatic carbocycles. The number of aromatic hydroxyl groups is 1. The average Bonchev–Trinajstić information content (AvgIpc) is 2.41. The Bertz CT molecular complexity index is 689. The fraction of sp³-hybridized carbons (Fsp3) is 0.235. The molecule has 1 aliphatic rings. The predicted molar refractivity (Wildman–Crippen MR) is 76.3 cm³/mol. The quantitative estimate of drug-likeness (QED) is 0.857. The van der Waals surface area contributed by atoms with E-state index in [4.69, 9.17) is 4.74 Å². The molecule has 0 fully saturated rings. The highest BCUT2D eigenvalue weighted by molar-refractivity contribution is 6.00. The minimum Gasteiger partial charge on any atom is -0.508 e. The molecule has 102 valence electrons. The highest BCUT2D eigenvalue weighted by Gasteiger charge is 2.27. The summed E-state index contributed by atoms with van der Waals surface area (Å²) in [6.07, 6.45) is 0.0522. The lowest BCUT2D eigenvalue weighted by Gasteiger charge is -2.26. The average molecular weight is 268 g/mol. The molecule has 0 saturated heterocycles. The van der Waals surface area contributed by atoms with Crippen LogP contribution in [0.4, 0.5) is 0 Å². The Balaban J connectivity index is 1.98. The van der Waals surface area contributed by atoms with Crippen LogP contribution in [0.1, 0.15) is 39.6 Å². The number of ether oxygens (including phenoxy) is 1. The van der Waals surface area contributed by atoms with Gasteiger partial charge in [0.1, 0.15) is 17.6 Å². The van der Waals surface area contributed by atoms with Gasteiger partial charge in [-0.25, -0.2) is 0 Å². The van der Waals surface area contributed by atoms with Gasteiger partial charge in [0.25, 0.3) is 0 Å². The number of carbonyl (C=O) groups excluding carboxylic acids is 1. The van der Waals surface area contributed by atoms with Crippen LogP contribution in [0.15, 0.2) is 36.4 Å². The molecule has 1 heterocycles. The van der Waals surface area contributed by atoms with Crippen LogP contribution in [0.2, 0.25) is 0 Å². The van der Waals surface area contributed by atoms with Gasteiger partial charge in [0.2, 0.25) is 0 Å². The minimum absolute atomic E-state index is 0.0991. The van der Waals surface area contributed by atoms with Crippen LogP contribution >= 0.6 is 0 Å². The number of Topliss-reactive ketones (excluding diaryl/α,β-unsaturated/α-hetero) is 1. The maximum Gasteiger partial charge on any atom is 0.170 e. The van der Waals surface area contributed by atoms with E-state index in [0.717, 1.165) is 16.7 Å². The standard InChI is InChI=1S/C17H16O3/c1-10-3-5-13-15(19)9-16(20-17(13)7-10)12-4-6-14(18)11(2)8-12/h3-8,16,18H,9H2,1-2H3. The summed E-state index contributed by atoms with van der Waals surface area (Å²) < 4.78 is 5.96. The highest BCUT2D eigenvalue weighted by Crippen LogP contribution is 2.36. The molecule has 0 saturated carbocycles. The minimum atomic E-state index is -0.281. The molecule has 1 N–H and O–H groups in total. The Kier molecular flexibility index (Phi) is 2.97. The van der Waals surface area contributed by atoms with Crippen molar-refractivity contribution in [3.05, 3.63) is 58.7 Å². The first kappa shape index (κ1) is 12.7. The summed E-state index contributed by atoms with van der Waals surface area (Å²) >= 11 is 0. The van der Waals surface area contributed by atoms with E-state index in [1.807, 2.05) is 38.1 Å². The Morgan fingerprint density at radius 2 is 1.95 bits per heavy atom. The second-order valence-electron chi connectivity index (χ2n) is 5.28. The van der Waals surface area contributed by atoms with Crippen molar-refractivity contribution in [2.24, 2.45) is 0 Å². The summed E-state index contributed by atoms with van der Waals surface area (Å²) in [4.78, 5) is 12.2. The smallest absolute Gasteiger partial charge is 0.170 e. The van der Waals surface area contributed by atoms with Crippen molar-refractivity contribution in [1.82, 2.24) is 0 Å². The van der Waals surface area contributed by atoms with Crippen LogP contribution in [0.3, 0.4) is 0 Å². The van der Waals surface area contributed by atoms with Gasteiger partial charge < -0.3 is 9.84 Å². The molecular formula is C17H16O3. The number of ketones is 1. The lowest BCUT2D eigenvalue weighted by molar-refractivity contribution is 0.0850. The van der Waals surface area contributed by atoms with Gasteiger partial charge in [-0.2, -0.15) is 0 Å². The topological polar surface area (TPSA) is 46.5 Å². The zero-order valence-corrected chi connectivity index (χ0v) is 11.5. The molecule has 3 heteroatoms. The maximum absolute atomic E-state index is 12.2. The van der Waals surface area contributed by atoms with Crippen molar-refractivity contribution in [3.8, 4) is 11.5 Å². The summed E-state index contributed by atoms with van der Waals surface area (Å²) in [6.45, 7) is 3.81. The Morgan fingerprint density at radius 1 is 1.15 bits per heavy atom. The maximum atomic E-state index is 12.2. The van der Waals surface area contributed by atoms with E-state index in [1.54, 1.807) is 12.1 Å². The number of benzene rings is 2. The largest absolute Gasteiger partial charge is 0.508 e. The molecule has 1 atom stereocenters. The monoisotopic (exact) mass is 268 g/mol. The zero-order chi connectivity index (χ0) is 14.3. The molecule has 2 aromatic carbocycles.